The van der Waals surface area contributed by atoms with Gasteiger partial charge in [0.25, 0.3) is 0 Å². The van der Waals surface area contributed by atoms with Gasteiger partial charge in [0.05, 0.1) is 11.9 Å². The van der Waals surface area contributed by atoms with E-state index in [9.17, 15) is 0 Å². The molecule has 0 aliphatic rings. The zero-order valence-electron chi connectivity index (χ0n) is 9.95. The van der Waals surface area contributed by atoms with Crippen molar-refractivity contribution in [1.82, 2.24) is 14.6 Å². The van der Waals surface area contributed by atoms with Crippen LogP contribution in [0.15, 0.2) is 48.7 Å². The van der Waals surface area contributed by atoms with Gasteiger partial charge < -0.3 is 5.73 Å². The van der Waals surface area contributed by atoms with E-state index < -0.39 is 0 Å². The normalized spacial score (nSPS) is 10.9. The molecular weight excluding hydrogens is 224 g/mol. The zero-order chi connectivity index (χ0) is 12.4. The van der Waals surface area contributed by atoms with E-state index in [1.165, 1.54) is 5.56 Å². The summed E-state index contributed by atoms with van der Waals surface area (Å²) >= 11 is 0. The van der Waals surface area contributed by atoms with E-state index in [-0.39, 0.29) is 0 Å². The number of nitrogens with two attached hydrogens (primary N) is 1. The summed E-state index contributed by atoms with van der Waals surface area (Å²) in [6.07, 6.45) is 3.58. The van der Waals surface area contributed by atoms with Crippen molar-refractivity contribution in [2.45, 2.75) is 12.8 Å². The highest BCUT2D eigenvalue weighted by Gasteiger charge is 2.03. The van der Waals surface area contributed by atoms with Crippen LogP contribution < -0.4 is 5.73 Å². The van der Waals surface area contributed by atoms with Gasteiger partial charge in [-0.3, -0.25) is 0 Å². The van der Waals surface area contributed by atoms with E-state index in [4.69, 9.17) is 5.73 Å². The number of rotatable bonds is 3. The second-order valence-electron chi connectivity index (χ2n) is 4.28. The molecule has 0 unspecified atom stereocenters. The van der Waals surface area contributed by atoms with Crippen LogP contribution in [0.2, 0.25) is 0 Å². The number of hydrogen-bond donors (Lipinski definition) is 1. The molecule has 0 fully saturated rings. The number of hydrogen-bond acceptors (Lipinski definition) is 3. The average Bonchev–Trinajstić information content (AvgIpc) is 2.79. The van der Waals surface area contributed by atoms with E-state index in [1.807, 2.05) is 30.3 Å². The van der Waals surface area contributed by atoms with Crippen LogP contribution in [0.5, 0.6) is 0 Å². The van der Waals surface area contributed by atoms with Crippen LogP contribution >= 0.6 is 0 Å². The van der Waals surface area contributed by atoms with Gasteiger partial charge in [-0.15, -0.1) is 0 Å². The van der Waals surface area contributed by atoms with E-state index in [0.717, 1.165) is 24.3 Å². The summed E-state index contributed by atoms with van der Waals surface area (Å²) in [6, 6.07) is 14.1. The van der Waals surface area contributed by atoms with Crippen molar-refractivity contribution in [3.63, 3.8) is 0 Å². The molecule has 0 radical (unpaired) electrons. The summed E-state index contributed by atoms with van der Waals surface area (Å²) in [4.78, 5) is 4.47. The SMILES string of the molecule is Nc1ccc2nc(CCc3ccccc3)nn2c1. The summed E-state index contributed by atoms with van der Waals surface area (Å²) < 4.78 is 1.73. The minimum atomic E-state index is 0.696. The highest BCUT2D eigenvalue weighted by molar-refractivity contribution is 5.46. The first-order valence-electron chi connectivity index (χ1n) is 5.96. The molecule has 0 aliphatic heterocycles. The summed E-state index contributed by atoms with van der Waals surface area (Å²) in [5.41, 5.74) is 8.55. The fraction of sp³-hybridized carbons (Fsp3) is 0.143. The lowest BCUT2D eigenvalue weighted by molar-refractivity contribution is 0.837. The number of pyridine rings is 1. The maximum atomic E-state index is 5.71. The third-order valence-electron chi connectivity index (χ3n) is 2.88. The Morgan fingerprint density at radius 1 is 1.00 bits per heavy atom. The predicted octanol–water partition coefficient (Wildman–Crippen LogP) is 2.10. The molecule has 3 aromatic rings. The Balaban J connectivity index is 1.79. The molecule has 0 amide bonds. The summed E-state index contributed by atoms with van der Waals surface area (Å²) in [7, 11) is 0. The Bertz CT molecular complexity index is 658. The fourth-order valence-electron chi connectivity index (χ4n) is 1.95. The summed E-state index contributed by atoms with van der Waals surface area (Å²) in [5, 5.41) is 4.41. The first-order chi connectivity index (χ1) is 8.81. The second kappa shape index (κ2) is 4.49. The van der Waals surface area contributed by atoms with E-state index >= 15 is 0 Å². The molecule has 90 valence electrons. The van der Waals surface area contributed by atoms with Gasteiger partial charge in [-0.2, -0.15) is 5.10 Å². The van der Waals surface area contributed by atoms with Crippen LogP contribution in [-0.2, 0) is 12.8 Å². The van der Waals surface area contributed by atoms with Crippen LogP contribution in [-0.4, -0.2) is 14.6 Å². The number of benzene rings is 1. The molecule has 0 atom stereocenters. The third kappa shape index (κ3) is 2.18. The van der Waals surface area contributed by atoms with Gasteiger partial charge >= 0.3 is 0 Å². The van der Waals surface area contributed by atoms with Gasteiger partial charge in [-0.1, -0.05) is 30.3 Å². The molecule has 0 saturated heterocycles. The van der Waals surface area contributed by atoms with E-state index in [0.29, 0.717) is 5.69 Å². The maximum absolute atomic E-state index is 5.71. The van der Waals surface area contributed by atoms with Crippen molar-refractivity contribution in [2.75, 3.05) is 5.73 Å². The standard InChI is InChI=1S/C14H14N4/c15-12-7-9-14-16-13(17-18(14)10-12)8-6-11-4-2-1-3-5-11/h1-5,7,9-10H,6,8,15H2. The van der Waals surface area contributed by atoms with Gasteiger partial charge in [0.15, 0.2) is 11.5 Å². The molecular formula is C14H14N4. The van der Waals surface area contributed by atoms with Crippen molar-refractivity contribution in [1.29, 1.82) is 0 Å². The molecule has 2 heterocycles. The Labute approximate surface area is 105 Å². The lowest BCUT2D eigenvalue weighted by Gasteiger charge is -1.96. The Morgan fingerprint density at radius 3 is 2.67 bits per heavy atom. The smallest absolute Gasteiger partial charge is 0.155 e. The highest BCUT2D eigenvalue weighted by Crippen LogP contribution is 2.08. The number of nitrogens with zero attached hydrogens (tertiary/aromatic N) is 3. The van der Waals surface area contributed by atoms with Gasteiger partial charge in [-0.25, -0.2) is 9.50 Å². The lowest BCUT2D eigenvalue weighted by atomic mass is 10.1. The van der Waals surface area contributed by atoms with Crippen LogP contribution in [0, 0.1) is 0 Å². The molecule has 18 heavy (non-hydrogen) atoms. The molecule has 0 aliphatic carbocycles. The van der Waals surface area contributed by atoms with Crippen molar-refractivity contribution in [3.05, 3.63) is 60.0 Å². The topological polar surface area (TPSA) is 56.2 Å². The minimum Gasteiger partial charge on any atom is -0.397 e. The van der Waals surface area contributed by atoms with Crippen LogP contribution in [0.3, 0.4) is 0 Å². The van der Waals surface area contributed by atoms with Crippen molar-refractivity contribution < 1.29 is 0 Å². The van der Waals surface area contributed by atoms with Gasteiger partial charge in [0.2, 0.25) is 0 Å². The zero-order valence-corrected chi connectivity index (χ0v) is 9.95. The van der Waals surface area contributed by atoms with Crippen LogP contribution in [0.4, 0.5) is 5.69 Å². The largest absolute Gasteiger partial charge is 0.397 e. The van der Waals surface area contributed by atoms with Crippen molar-refractivity contribution in [3.8, 4) is 0 Å². The highest BCUT2D eigenvalue weighted by atomic mass is 15.3. The Morgan fingerprint density at radius 2 is 1.83 bits per heavy atom. The predicted molar refractivity (Wildman–Crippen MR) is 71.2 cm³/mol. The minimum absolute atomic E-state index is 0.696. The van der Waals surface area contributed by atoms with Crippen LogP contribution in [0.1, 0.15) is 11.4 Å². The molecule has 2 aromatic heterocycles. The molecule has 3 rings (SSSR count). The summed E-state index contributed by atoms with van der Waals surface area (Å²) in [6.45, 7) is 0. The maximum Gasteiger partial charge on any atom is 0.155 e. The Kier molecular flexibility index (Phi) is 2.68. The first kappa shape index (κ1) is 10.8. The molecule has 2 N–H and O–H groups in total. The molecule has 0 saturated carbocycles. The van der Waals surface area contributed by atoms with Gasteiger partial charge in [0.1, 0.15) is 0 Å². The number of aryl methyl sites for hydroxylation is 2. The molecule has 0 spiro atoms. The van der Waals surface area contributed by atoms with Crippen molar-refractivity contribution >= 4 is 11.3 Å². The Hall–Kier alpha value is -2.36. The van der Waals surface area contributed by atoms with Gasteiger partial charge in [0, 0.05) is 6.42 Å². The van der Waals surface area contributed by atoms with Crippen LogP contribution in [0.25, 0.3) is 5.65 Å². The monoisotopic (exact) mass is 238 g/mol. The fourth-order valence-corrected chi connectivity index (χ4v) is 1.95. The first-order valence-corrected chi connectivity index (χ1v) is 5.96. The summed E-state index contributed by atoms with van der Waals surface area (Å²) in [5.74, 6) is 0.851. The van der Waals surface area contributed by atoms with Crippen molar-refractivity contribution in [2.24, 2.45) is 0 Å². The lowest BCUT2D eigenvalue weighted by Crippen LogP contribution is -1.94. The molecule has 4 nitrogen and oxygen atoms in total. The van der Waals surface area contributed by atoms with E-state index in [1.54, 1.807) is 10.7 Å². The third-order valence-corrected chi connectivity index (χ3v) is 2.88. The number of nitrogen functional groups attached to an aromatic ring is 1. The number of anilines is 1. The average molecular weight is 238 g/mol. The molecule has 0 bridgehead atoms. The molecule has 4 heteroatoms. The molecule has 1 aromatic carbocycles. The number of fused-ring (bicyclic) bond motifs is 1. The quantitative estimate of drug-likeness (QED) is 0.760. The number of aromatic nitrogens is 3. The van der Waals surface area contributed by atoms with Gasteiger partial charge in [-0.05, 0) is 24.1 Å². The van der Waals surface area contributed by atoms with E-state index in [2.05, 4.69) is 22.2 Å². The second-order valence-corrected chi connectivity index (χ2v) is 4.28.